The van der Waals surface area contributed by atoms with Crippen molar-refractivity contribution < 1.29 is 14.3 Å². The molecule has 2 atom stereocenters. The summed E-state index contributed by atoms with van der Waals surface area (Å²) in [6.07, 6.45) is 1.04. The number of aromatic nitrogens is 1. The summed E-state index contributed by atoms with van der Waals surface area (Å²) in [6.45, 7) is 2.21. The van der Waals surface area contributed by atoms with E-state index in [1.54, 1.807) is 12.3 Å². The third-order valence-corrected chi connectivity index (χ3v) is 5.02. The molecule has 9 heteroatoms. The Labute approximate surface area is 166 Å². The first kappa shape index (κ1) is 18.3. The normalized spacial score (nSPS) is 22.4. The lowest BCUT2D eigenvalue weighted by Gasteiger charge is -2.26. The van der Waals surface area contributed by atoms with Crippen LogP contribution in [0.4, 0.5) is 0 Å². The SMILES string of the molecule is Clc1ccc([C@@H]2OCCNC[C@H]2Oc2ncccc2C2=NOCN2)cc1Cl. The van der Waals surface area contributed by atoms with Gasteiger partial charge in [0, 0.05) is 19.3 Å². The van der Waals surface area contributed by atoms with Gasteiger partial charge in [0.25, 0.3) is 0 Å². The molecule has 0 spiro atoms. The molecule has 27 heavy (non-hydrogen) atoms. The summed E-state index contributed by atoms with van der Waals surface area (Å²) in [4.78, 5) is 9.40. The number of halogens is 2. The maximum Gasteiger partial charge on any atom is 0.225 e. The molecule has 0 saturated carbocycles. The highest BCUT2D eigenvalue weighted by atomic mass is 35.5. The molecule has 0 bridgehead atoms. The van der Waals surface area contributed by atoms with E-state index in [0.717, 1.165) is 17.7 Å². The number of rotatable bonds is 4. The van der Waals surface area contributed by atoms with Crippen LogP contribution < -0.4 is 15.4 Å². The van der Waals surface area contributed by atoms with E-state index >= 15 is 0 Å². The van der Waals surface area contributed by atoms with E-state index in [-0.39, 0.29) is 12.2 Å². The third-order valence-electron chi connectivity index (χ3n) is 4.28. The molecule has 1 fully saturated rings. The molecule has 0 aliphatic carbocycles. The highest BCUT2D eigenvalue weighted by Gasteiger charge is 2.30. The van der Waals surface area contributed by atoms with Crippen LogP contribution >= 0.6 is 23.2 Å². The van der Waals surface area contributed by atoms with Crippen molar-refractivity contribution in [3.8, 4) is 5.88 Å². The average Bonchev–Trinajstić information content (AvgIpc) is 3.12. The maximum atomic E-state index is 6.26. The van der Waals surface area contributed by atoms with Crippen molar-refractivity contribution in [1.29, 1.82) is 0 Å². The average molecular weight is 409 g/mol. The number of nitrogens with zero attached hydrogens (tertiary/aromatic N) is 2. The third kappa shape index (κ3) is 4.11. The van der Waals surface area contributed by atoms with E-state index < -0.39 is 0 Å². The number of nitrogens with one attached hydrogen (secondary N) is 2. The van der Waals surface area contributed by atoms with Gasteiger partial charge in [0.15, 0.2) is 12.6 Å². The van der Waals surface area contributed by atoms with Crippen LogP contribution in [0.3, 0.4) is 0 Å². The summed E-state index contributed by atoms with van der Waals surface area (Å²) in [5.74, 6) is 1.04. The second kappa shape index (κ2) is 8.31. The summed E-state index contributed by atoms with van der Waals surface area (Å²) in [5, 5.41) is 11.3. The van der Waals surface area contributed by atoms with Gasteiger partial charge in [0.05, 0.1) is 22.2 Å². The van der Waals surface area contributed by atoms with Gasteiger partial charge in [0.1, 0.15) is 12.2 Å². The number of oxime groups is 1. The minimum Gasteiger partial charge on any atom is -0.469 e. The van der Waals surface area contributed by atoms with Crippen molar-refractivity contribution in [2.75, 3.05) is 26.4 Å². The molecule has 2 aliphatic heterocycles. The van der Waals surface area contributed by atoms with Crippen LogP contribution in [0, 0.1) is 0 Å². The van der Waals surface area contributed by atoms with Crippen LogP contribution in [0.25, 0.3) is 0 Å². The number of hydrogen-bond acceptors (Lipinski definition) is 7. The largest absolute Gasteiger partial charge is 0.469 e. The first-order valence-electron chi connectivity index (χ1n) is 8.55. The summed E-state index contributed by atoms with van der Waals surface area (Å²) in [5.41, 5.74) is 1.63. The Bertz CT molecular complexity index is 849. The van der Waals surface area contributed by atoms with Crippen LogP contribution in [0.2, 0.25) is 10.0 Å². The van der Waals surface area contributed by atoms with Gasteiger partial charge in [-0.05, 0) is 29.8 Å². The van der Waals surface area contributed by atoms with Gasteiger partial charge in [-0.1, -0.05) is 34.4 Å². The molecule has 2 aromatic rings. The monoisotopic (exact) mass is 408 g/mol. The first-order chi connectivity index (χ1) is 13.2. The van der Waals surface area contributed by atoms with Gasteiger partial charge >= 0.3 is 0 Å². The molecule has 2 N–H and O–H groups in total. The zero-order valence-corrected chi connectivity index (χ0v) is 15.8. The summed E-state index contributed by atoms with van der Waals surface area (Å²) < 4.78 is 12.3. The maximum absolute atomic E-state index is 6.26. The van der Waals surface area contributed by atoms with Gasteiger partial charge in [-0.2, -0.15) is 0 Å². The van der Waals surface area contributed by atoms with Crippen LogP contribution in [0.5, 0.6) is 5.88 Å². The molecule has 0 radical (unpaired) electrons. The fourth-order valence-corrected chi connectivity index (χ4v) is 3.31. The molecule has 1 aromatic carbocycles. The zero-order chi connectivity index (χ0) is 18.6. The van der Waals surface area contributed by atoms with Crippen molar-refractivity contribution in [1.82, 2.24) is 15.6 Å². The van der Waals surface area contributed by atoms with Crippen molar-refractivity contribution >= 4 is 29.0 Å². The molecular formula is C18H18Cl2N4O3. The van der Waals surface area contributed by atoms with Crippen LogP contribution in [-0.4, -0.2) is 43.4 Å². The second-order valence-corrected chi connectivity index (χ2v) is 6.89. The molecule has 3 heterocycles. The number of amidine groups is 1. The van der Waals surface area contributed by atoms with E-state index in [0.29, 0.717) is 41.6 Å². The van der Waals surface area contributed by atoms with E-state index in [4.69, 9.17) is 37.5 Å². The lowest BCUT2D eigenvalue weighted by Crippen LogP contribution is -2.35. The van der Waals surface area contributed by atoms with Crippen LogP contribution in [0.1, 0.15) is 17.2 Å². The fraction of sp³-hybridized carbons (Fsp3) is 0.333. The lowest BCUT2D eigenvalue weighted by atomic mass is 10.0. The molecule has 7 nitrogen and oxygen atoms in total. The van der Waals surface area contributed by atoms with E-state index in [9.17, 15) is 0 Å². The molecule has 1 aromatic heterocycles. The highest BCUT2D eigenvalue weighted by Crippen LogP contribution is 2.31. The summed E-state index contributed by atoms with van der Waals surface area (Å²) in [7, 11) is 0. The first-order valence-corrected chi connectivity index (χ1v) is 9.31. The second-order valence-electron chi connectivity index (χ2n) is 6.07. The zero-order valence-electron chi connectivity index (χ0n) is 14.3. The highest BCUT2D eigenvalue weighted by molar-refractivity contribution is 6.42. The number of pyridine rings is 1. The number of ether oxygens (including phenoxy) is 2. The van der Waals surface area contributed by atoms with Crippen molar-refractivity contribution in [3.05, 3.63) is 57.7 Å². The molecule has 0 unspecified atom stereocenters. The molecular weight excluding hydrogens is 391 g/mol. The number of hydrogen-bond donors (Lipinski definition) is 2. The van der Waals surface area contributed by atoms with Gasteiger partial charge in [-0.3, -0.25) is 0 Å². The van der Waals surface area contributed by atoms with Crippen molar-refractivity contribution in [2.24, 2.45) is 5.16 Å². The molecule has 1 saturated heterocycles. The standard InChI is InChI=1S/C18H18Cl2N4O3/c19-13-4-3-11(8-14(13)20)16-15(9-21-6-7-25-16)27-18-12(2-1-5-22-18)17-23-10-26-24-17/h1-5,8,15-16,21H,6-7,9-10H2,(H,23,24)/t15-,16+/m1/s1. The lowest BCUT2D eigenvalue weighted by molar-refractivity contribution is -0.0101. The van der Waals surface area contributed by atoms with Crippen molar-refractivity contribution in [3.63, 3.8) is 0 Å². The Morgan fingerprint density at radius 2 is 2.11 bits per heavy atom. The van der Waals surface area contributed by atoms with E-state index in [1.165, 1.54) is 0 Å². The minimum absolute atomic E-state index is 0.318. The topological polar surface area (TPSA) is 77.0 Å². The van der Waals surface area contributed by atoms with Gasteiger partial charge in [-0.25, -0.2) is 4.98 Å². The Kier molecular flexibility index (Phi) is 5.63. The van der Waals surface area contributed by atoms with Gasteiger partial charge < -0.3 is 24.9 Å². The van der Waals surface area contributed by atoms with Crippen molar-refractivity contribution in [2.45, 2.75) is 12.2 Å². The minimum atomic E-state index is -0.320. The molecule has 0 amide bonds. The van der Waals surface area contributed by atoms with Crippen LogP contribution in [-0.2, 0) is 9.57 Å². The smallest absolute Gasteiger partial charge is 0.225 e. The predicted octanol–water partition coefficient (Wildman–Crippen LogP) is 2.74. The Morgan fingerprint density at radius 1 is 1.19 bits per heavy atom. The Morgan fingerprint density at radius 3 is 2.93 bits per heavy atom. The fourth-order valence-electron chi connectivity index (χ4n) is 3.00. The van der Waals surface area contributed by atoms with Gasteiger partial charge in [0.2, 0.25) is 5.88 Å². The molecule has 2 aliphatic rings. The van der Waals surface area contributed by atoms with E-state index in [2.05, 4.69) is 20.8 Å². The quantitative estimate of drug-likeness (QED) is 0.809. The predicted molar refractivity (Wildman–Crippen MR) is 102 cm³/mol. The Balaban J connectivity index is 1.63. The molecule has 4 rings (SSSR count). The summed E-state index contributed by atoms with van der Waals surface area (Å²) >= 11 is 12.3. The Hall–Kier alpha value is -2.06. The van der Waals surface area contributed by atoms with Crippen LogP contribution in [0.15, 0.2) is 41.7 Å². The van der Waals surface area contributed by atoms with E-state index in [1.807, 2.05) is 24.3 Å². The number of benzene rings is 1. The van der Waals surface area contributed by atoms with Gasteiger partial charge in [-0.15, -0.1) is 0 Å². The molecule has 142 valence electrons. The summed E-state index contributed by atoms with van der Waals surface area (Å²) in [6, 6.07) is 9.17.